The van der Waals surface area contributed by atoms with E-state index < -0.39 is 11.5 Å². The van der Waals surface area contributed by atoms with Crippen LogP contribution < -0.4 is 10.1 Å². The van der Waals surface area contributed by atoms with E-state index in [1.165, 1.54) is 16.2 Å². The minimum absolute atomic E-state index is 0.181. The van der Waals surface area contributed by atoms with E-state index in [9.17, 15) is 14.4 Å². The fourth-order valence-corrected chi connectivity index (χ4v) is 4.00. The van der Waals surface area contributed by atoms with Crippen molar-refractivity contribution >= 4 is 45.8 Å². The Kier molecular flexibility index (Phi) is 5.94. The molecular weight excluding hydrogens is 452 g/mol. The van der Waals surface area contributed by atoms with Gasteiger partial charge in [0.05, 0.1) is 11.1 Å². The lowest BCUT2D eigenvalue weighted by atomic mass is 10.1. The van der Waals surface area contributed by atoms with Crippen molar-refractivity contribution in [1.82, 2.24) is 15.1 Å². The van der Waals surface area contributed by atoms with Crippen LogP contribution in [0.5, 0.6) is 5.75 Å². The van der Waals surface area contributed by atoms with Crippen LogP contribution in [0, 0.1) is 0 Å². The maximum absolute atomic E-state index is 12.7. The smallest absolute Gasteiger partial charge is 0.269 e. The van der Waals surface area contributed by atoms with E-state index in [0.29, 0.717) is 38.5 Å². The Balaban J connectivity index is 1.35. The Bertz CT molecular complexity index is 1160. The Morgan fingerprint density at radius 3 is 2.31 bits per heavy atom. The molecule has 0 aliphatic carbocycles. The second-order valence-corrected chi connectivity index (χ2v) is 9.08. The first-order valence-corrected chi connectivity index (χ1v) is 11.0. The number of carbonyl (C=O) groups excluding carboxylic acids is 3. The first-order valence-electron chi connectivity index (χ1n) is 9.78. The van der Waals surface area contributed by atoms with Gasteiger partial charge >= 0.3 is 0 Å². The summed E-state index contributed by atoms with van der Waals surface area (Å²) in [5.74, 6) is -0.515. The maximum Gasteiger partial charge on any atom is 0.269 e. The molecule has 1 aliphatic heterocycles. The highest BCUT2D eigenvalue weighted by Gasteiger charge is 2.35. The number of halogens is 1. The van der Waals surface area contributed by atoms with E-state index in [1.807, 2.05) is 0 Å². The molecule has 2 heterocycles. The normalized spacial score (nSPS) is 13.3. The van der Waals surface area contributed by atoms with Crippen molar-refractivity contribution in [3.8, 4) is 5.75 Å². The molecular formula is C22H19ClN4O4S. The molecule has 4 rings (SSSR count). The number of carbonyl (C=O) groups is 3. The summed E-state index contributed by atoms with van der Waals surface area (Å²) in [4.78, 5) is 38.8. The maximum atomic E-state index is 12.7. The van der Waals surface area contributed by atoms with Crippen LogP contribution in [0.25, 0.3) is 0 Å². The summed E-state index contributed by atoms with van der Waals surface area (Å²) in [5, 5.41) is 12.2. The Hall–Kier alpha value is -3.30. The van der Waals surface area contributed by atoms with Crippen LogP contribution >= 0.6 is 22.9 Å². The van der Waals surface area contributed by atoms with Crippen molar-refractivity contribution in [1.29, 1.82) is 0 Å². The lowest BCUT2D eigenvalue weighted by molar-refractivity contribution is -0.128. The van der Waals surface area contributed by atoms with Crippen LogP contribution in [0.4, 0.5) is 5.13 Å². The molecule has 8 nitrogen and oxygen atoms in total. The fraction of sp³-hybridized carbons (Fsp3) is 0.227. The highest BCUT2D eigenvalue weighted by atomic mass is 35.5. The van der Waals surface area contributed by atoms with Crippen LogP contribution in [0.2, 0.25) is 5.02 Å². The summed E-state index contributed by atoms with van der Waals surface area (Å²) in [6, 6.07) is 13.5. The molecule has 10 heteroatoms. The number of benzene rings is 2. The first-order chi connectivity index (χ1) is 15.2. The van der Waals surface area contributed by atoms with Gasteiger partial charge in [-0.2, -0.15) is 0 Å². The van der Waals surface area contributed by atoms with Crippen LogP contribution in [0.15, 0.2) is 48.5 Å². The van der Waals surface area contributed by atoms with E-state index in [4.69, 9.17) is 16.3 Å². The number of fused-ring (bicyclic) bond motifs is 1. The highest BCUT2D eigenvalue weighted by molar-refractivity contribution is 7.15. The second kappa shape index (κ2) is 8.68. The molecule has 3 amide bonds. The summed E-state index contributed by atoms with van der Waals surface area (Å²) in [6.45, 7) is 3.46. The third kappa shape index (κ3) is 4.49. The Labute approximate surface area is 193 Å². The van der Waals surface area contributed by atoms with Gasteiger partial charge in [-0.15, -0.1) is 10.2 Å². The number of hydrogen-bond acceptors (Lipinski definition) is 7. The lowest BCUT2D eigenvalue weighted by Gasteiger charge is -2.24. The second-order valence-electron chi connectivity index (χ2n) is 7.58. The monoisotopic (exact) mass is 470 g/mol. The molecule has 0 fully saturated rings. The molecule has 2 aromatic carbocycles. The van der Waals surface area contributed by atoms with Gasteiger partial charge in [-0.1, -0.05) is 35.1 Å². The third-order valence-corrected chi connectivity index (χ3v) is 6.00. The van der Waals surface area contributed by atoms with E-state index in [2.05, 4.69) is 15.5 Å². The molecule has 0 bridgehead atoms. The van der Waals surface area contributed by atoms with E-state index in [-0.39, 0.29) is 18.4 Å². The first kappa shape index (κ1) is 21.9. The number of amides is 3. The number of hydrogen-bond donors (Lipinski definition) is 1. The molecule has 0 saturated heterocycles. The molecule has 0 unspecified atom stereocenters. The van der Waals surface area contributed by atoms with E-state index in [0.717, 1.165) is 0 Å². The molecule has 3 aromatic rings. The van der Waals surface area contributed by atoms with Gasteiger partial charge in [0.2, 0.25) is 5.13 Å². The quantitative estimate of drug-likeness (QED) is 0.526. The minimum atomic E-state index is -1.17. The van der Waals surface area contributed by atoms with Gasteiger partial charge in [0.25, 0.3) is 17.7 Å². The fourth-order valence-electron chi connectivity index (χ4n) is 3.15. The molecule has 1 N–H and O–H groups in total. The standard InChI is InChI=1S/C22H19ClN4O4S/c1-22(2,31-14-9-7-13(23)8-10-14)20(30)24-21-26-25-17(32-21)11-12-27-18(28)15-5-3-4-6-16(15)19(27)29/h3-10H,11-12H2,1-2H3,(H,24,26,30). The number of nitrogens with one attached hydrogen (secondary N) is 1. The van der Waals surface area contributed by atoms with Crippen molar-refractivity contribution in [2.75, 3.05) is 11.9 Å². The largest absolute Gasteiger partial charge is 0.478 e. The lowest BCUT2D eigenvalue weighted by Crippen LogP contribution is -2.42. The average Bonchev–Trinajstić information content (AvgIpc) is 3.31. The number of anilines is 1. The van der Waals surface area contributed by atoms with Crippen LogP contribution in [0.1, 0.15) is 39.6 Å². The average molecular weight is 471 g/mol. The van der Waals surface area contributed by atoms with E-state index in [1.54, 1.807) is 62.4 Å². The molecule has 1 aliphatic rings. The van der Waals surface area contributed by atoms with Crippen molar-refractivity contribution < 1.29 is 19.1 Å². The van der Waals surface area contributed by atoms with Crippen molar-refractivity contribution in [3.05, 3.63) is 69.7 Å². The number of nitrogens with zero attached hydrogens (tertiary/aromatic N) is 3. The SMILES string of the molecule is CC(C)(Oc1ccc(Cl)cc1)C(=O)Nc1nnc(CCN2C(=O)c3ccccc3C2=O)s1. The Morgan fingerprint density at radius 2 is 1.69 bits per heavy atom. The predicted octanol–water partition coefficient (Wildman–Crippen LogP) is 3.83. The molecule has 164 valence electrons. The predicted molar refractivity (Wildman–Crippen MR) is 120 cm³/mol. The van der Waals surface area contributed by atoms with Gasteiger partial charge in [-0.3, -0.25) is 24.6 Å². The number of ether oxygens (including phenoxy) is 1. The molecule has 0 atom stereocenters. The number of imide groups is 1. The van der Waals surface area contributed by atoms with Gasteiger partial charge in [0.15, 0.2) is 5.60 Å². The highest BCUT2D eigenvalue weighted by Crippen LogP contribution is 2.25. The zero-order valence-corrected chi connectivity index (χ0v) is 18.9. The topological polar surface area (TPSA) is 101 Å². The summed E-state index contributed by atoms with van der Waals surface area (Å²) < 4.78 is 5.77. The van der Waals surface area contributed by atoms with Gasteiger partial charge in [-0.25, -0.2) is 0 Å². The van der Waals surface area contributed by atoms with Crippen molar-refractivity contribution in [2.24, 2.45) is 0 Å². The summed E-state index contributed by atoms with van der Waals surface area (Å²) in [6.07, 6.45) is 0.337. The van der Waals surface area contributed by atoms with Gasteiger partial charge in [0.1, 0.15) is 10.8 Å². The summed E-state index contributed by atoms with van der Waals surface area (Å²) in [7, 11) is 0. The van der Waals surface area contributed by atoms with Gasteiger partial charge < -0.3 is 4.74 Å². The molecule has 0 spiro atoms. The Morgan fingerprint density at radius 1 is 1.06 bits per heavy atom. The summed E-state index contributed by atoms with van der Waals surface area (Å²) >= 11 is 7.05. The van der Waals surface area contributed by atoms with E-state index >= 15 is 0 Å². The van der Waals surface area contributed by atoms with Crippen molar-refractivity contribution in [3.63, 3.8) is 0 Å². The van der Waals surface area contributed by atoms with Gasteiger partial charge in [0, 0.05) is 18.0 Å². The molecule has 0 radical (unpaired) electrons. The minimum Gasteiger partial charge on any atom is -0.478 e. The number of rotatable bonds is 7. The zero-order valence-electron chi connectivity index (χ0n) is 17.3. The molecule has 1 aromatic heterocycles. The molecule has 32 heavy (non-hydrogen) atoms. The van der Waals surface area contributed by atoms with Crippen LogP contribution in [-0.4, -0.2) is 45.0 Å². The third-order valence-electron chi connectivity index (χ3n) is 4.85. The van der Waals surface area contributed by atoms with Crippen LogP contribution in [0.3, 0.4) is 0 Å². The summed E-state index contributed by atoms with van der Waals surface area (Å²) in [5.41, 5.74) is -0.351. The van der Waals surface area contributed by atoms with Gasteiger partial charge in [-0.05, 0) is 50.2 Å². The zero-order chi connectivity index (χ0) is 22.9. The van der Waals surface area contributed by atoms with Crippen LogP contribution in [-0.2, 0) is 11.2 Å². The van der Waals surface area contributed by atoms with Crippen molar-refractivity contribution in [2.45, 2.75) is 25.9 Å². The number of aromatic nitrogens is 2. The molecule has 0 saturated carbocycles.